The van der Waals surface area contributed by atoms with E-state index in [4.69, 9.17) is 5.84 Å². The van der Waals surface area contributed by atoms with Gasteiger partial charge >= 0.3 is 0 Å². The molecule has 0 amide bonds. The predicted octanol–water partition coefficient (Wildman–Crippen LogP) is 1.01. The highest BCUT2D eigenvalue weighted by molar-refractivity contribution is 9.10. The summed E-state index contributed by atoms with van der Waals surface area (Å²) in [4.78, 5) is 0. The molecule has 0 saturated heterocycles. The molecule has 0 aliphatic carbocycles. The minimum atomic E-state index is -3.11. The number of nitrogens with one attached hydrogen (secondary N) is 1. The zero-order chi connectivity index (χ0) is 13.1. The van der Waals surface area contributed by atoms with Crippen LogP contribution in [0, 0.1) is 5.82 Å². The first kappa shape index (κ1) is 14.6. The molecule has 1 aromatic carbocycles. The molecule has 0 heterocycles. The summed E-state index contributed by atoms with van der Waals surface area (Å²) < 4.78 is 35.8. The Morgan fingerprint density at radius 1 is 1.53 bits per heavy atom. The summed E-state index contributed by atoms with van der Waals surface area (Å²) in [7, 11) is -3.11. The number of halogens is 2. The Hall–Kier alpha value is -0.500. The first-order valence-electron chi connectivity index (χ1n) is 4.89. The summed E-state index contributed by atoms with van der Waals surface area (Å²) in [5.74, 6) is 4.90. The number of hydrogen-bond donors (Lipinski definition) is 2. The summed E-state index contributed by atoms with van der Waals surface area (Å²) in [5, 5.41) is 0. The second-order valence-electron chi connectivity index (χ2n) is 3.90. The molecular formula is C10H14BrFN2O2S. The maximum Gasteiger partial charge on any atom is 0.149 e. The molecular weight excluding hydrogens is 311 g/mol. The number of rotatable bonds is 5. The second-order valence-corrected chi connectivity index (χ2v) is 6.94. The molecule has 0 saturated carbocycles. The molecule has 0 aliphatic heterocycles. The van der Waals surface area contributed by atoms with Crippen molar-refractivity contribution in [3.8, 4) is 0 Å². The van der Waals surface area contributed by atoms with E-state index in [2.05, 4.69) is 21.4 Å². The third-order valence-electron chi connectivity index (χ3n) is 2.22. The fourth-order valence-electron chi connectivity index (χ4n) is 1.48. The standard InChI is InChI=1S/C10H14BrFN2O2S/c1-17(15,16)6-9(14-13)4-7-2-3-8(12)5-10(7)11/h2-3,5,9,14H,4,6,13H2,1H3. The highest BCUT2D eigenvalue weighted by Gasteiger charge is 2.15. The van der Waals surface area contributed by atoms with Gasteiger partial charge in [0.25, 0.3) is 0 Å². The Labute approximate surface area is 108 Å². The molecule has 0 fully saturated rings. The van der Waals surface area contributed by atoms with Gasteiger partial charge in [0, 0.05) is 16.8 Å². The van der Waals surface area contributed by atoms with Crippen molar-refractivity contribution < 1.29 is 12.8 Å². The molecule has 1 aromatic rings. The van der Waals surface area contributed by atoms with Gasteiger partial charge in [-0.1, -0.05) is 22.0 Å². The lowest BCUT2D eigenvalue weighted by Gasteiger charge is -2.15. The van der Waals surface area contributed by atoms with Crippen LogP contribution in [0.4, 0.5) is 4.39 Å². The summed E-state index contributed by atoms with van der Waals surface area (Å²) >= 11 is 3.23. The van der Waals surface area contributed by atoms with Gasteiger partial charge in [-0.25, -0.2) is 12.8 Å². The van der Waals surface area contributed by atoms with Crippen molar-refractivity contribution in [1.29, 1.82) is 0 Å². The second kappa shape index (κ2) is 5.90. The van der Waals surface area contributed by atoms with E-state index in [1.165, 1.54) is 12.1 Å². The highest BCUT2D eigenvalue weighted by atomic mass is 79.9. The van der Waals surface area contributed by atoms with E-state index in [1.54, 1.807) is 6.07 Å². The molecule has 4 nitrogen and oxygen atoms in total. The maximum absolute atomic E-state index is 12.9. The molecule has 17 heavy (non-hydrogen) atoms. The van der Waals surface area contributed by atoms with E-state index < -0.39 is 15.9 Å². The number of sulfone groups is 1. The van der Waals surface area contributed by atoms with Gasteiger partial charge in [0.15, 0.2) is 0 Å². The van der Waals surface area contributed by atoms with Crippen LogP contribution in [-0.4, -0.2) is 26.5 Å². The molecule has 1 atom stereocenters. The van der Waals surface area contributed by atoms with E-state index >= 15 is 0 Å². The van der Waals surface area contributed by atoms with Crippen LogP contribution >= 0.6 is 15.9 Å². The van der Waals surface area contributed by atoms with Crippen molar-refractivity contribution in [1.82, 2.24) is 5.43 Å². The van der Waals surface area contributed by atoms with Gasteiger partial charge in [0.2, 0.25) is 0 Å². The zero-order valence-corrected chi connectivity index (χ0v) is 11.7. The van der Waals surface area contributed by atoms with Crippen molar-refractivity contribution in [2.75, 3.05) is 12.0 Å². The molecule has 1 rings (SSSR count). The van der Waals surface area contributed by atoms with Crippen molar-refractivity contribution in [2.24, 2.45) is 5.84 Å². The molecule has 0 aliphatic rings. The van der Waals surface area contributed by atoms with Gasteiger partial charge in [0.1, 0.15) is 15.7 Å². The maximum atomic E-state index is 12.9. The van der Waals surface area contributed by atoms with Crippen LogP contribution in [0.2, 0.25) is 0 Å². The molecule has 0 spiro atoms. The Kier molecular flexibility index (Phi) is 5.05. The Morgan fingerprint density at radius 3 is 2.65 bits per heavy atom. The number of benzene rings is 1. The van der Waals surface area contributed by atoms with Crippen LogP contribution < -0.4 is 11.3 Å². The van der Waals surface area contributed by atoms with Crippen molar-refractivity contribution in [3.63, 3.8) is 0 Å². The zero-order valence-electron chi connectivity index (χ0n) is 9.28. The average molecular weight is 325 g/mol. The largest absolute Gasteiger partial charge is 0.271 e. The van der Waals surface area contributed by atoms with Crippen LogP contribution in [0.5, 0.6) is 0 Å². The fraction of sp³-hybridized carbons (Fsp3) is 0.400. The van der Waals surface area contributed by atoms with Crippen LogP contribution in [0.25, 0.3) is 0 Å². The number of hydrogen-bond acceptors (Lipinski definition) is 4. The highest BCUT2D eigenvalue weighted by Crippen LogP contribution is 2.19. The van der Waals surface area contributed by atoms with Gasteiger partial charge < -0.3 is 0 Å². The molecule has 1 unspecified atom stereocenters. The minimum absolute atomic E-state index is 0.0622. The van der Waals surface area contributed by atoms with E-state index in [0.717, 1.165) is 11.8 Å². The lowest BCUT2D eigenvalue weighted by Crippen LogP contribution is -2.41. The molecule has 7 heteroatoms. The first-order valence-corrected chi connectivity index (χ1v) is 7.75. The van der Waals surface area contributed by atoms with Gasteiger partial charge in [-0.05, 0) is 24.1 Å². The lowest BCUT2D eigenvalue weighted by atomic mass is 10.1. The van der Waals surface area contributed by atoms with E-state index in [9.17, 15) is 12.8 Å². The van der Waals surface area contributed by atoms with Crippen molar-refractivity contribution in [2.45, 2.75) is 12.5 Å². The number of hydrazine groups is 1. The van der Waals surface area contributed by atoms with Crippen LogP contribution in [0.1, 0.15) is 5.56 Å². The van der Waals surface area contributed by atoms with Gasteiger partial charge in [-0.2, -0.15) is 0 Å². The third kappa shape index (κ3) is 5.12. The smallest absolute Gasteiger partial charge is 0.149 e. The third-order valence-corrected chi connectivity index (χ3v) is 3.97. The Morgan fingerprint density at radius 2 is 2.18 bits per heavy atom. The summed E-state index contributed by atoms with van der Waals surface area (Å²) in [5.41, 5.74) is 3.26. The van der Waals surface area contributed by atoms with Crippen molar-refractivity contribution in [3.05, 3.63) is 34.1 Å². The first-order chi connectivity index (χ1) is 7.81. The molecule has 3 N–H and O–H groups in total. The predicted molar refractivity (Wildman–Crippen MR) is 68.6 cm³/mol. The normalized spacial score (nSPS) is 13.6. The van der Waals surface area contributed by atoms with E-state index in [-0.39, 0.29) is 11.6 Å². The van der Waals surface area contributed by atoms with Gasteiger partial charge in [-0.15, -0.1) is 0 Å². The van der Waals surface area contributed by atoms with Crippen LogP contribution in [-0.2, 0) is 16.3 Å². The summed E-state index contributed by atoms with van der Waals surface area (Å²) in [6.07, 6.45) is 1.56. The minimum Gasteiger partial charge on any atom is -0.271 e. The van der Waals surface area contributed by atoms with E-state index in [1.807, 2.05) is 0 Å². The number of nitrogens with two attached hydrogens (primary N) is 1. The van der Waals surface area contributed by atoms with Crippen LogP contribution in [0.3, 0.4) is 0 Å². The lowest BCUT2D eigenvalue weighted by molar-refractivity contribution is 0.544. The van der Waals surface area contributed by atoms with E-state index in [0.29, 0.717) is 10.9 Å². The topological polar surface area (TPSA) is 72.2 Å². The average Bonchev–Trinajstić information content (AvgIpc) is 2.19. The van der Waals surface area contributed by atoms with Crippen LogP contribution in [0.15, 0.2) is 22.7 Å². The SMILES string of the molecule is CS(=O)(=O)CC(Cc1ccc(F)cc1Br)NN. The van der Waals surface area contributed by atoms with Gasteiger partial charge in [-0.3, -0.25) is 11.3 Å². The monoisotopic (exact) mass is 324 g/mol. The summed E-state index contributed by atoms with van der Waals surface area (Å²) in [6.45, 7) is 0. The molecule has 0 aromatic heterocycles. The molecule has 0 radical (unpaired) electrons. The van der Waals surface area contributed by atoms with Crippen molar-refractivity contribution >= 4 is 25.8 Å². The Balaban J connectivity index is 2.81. The fourth-order valence-corrected chi connectivity index (χ4v) is 2.94. The Bertz CT molecular complexity index is 493. The summed E-state index contributed by atoms with van der Waals surface area (Å²) in [6, 6.07) is 3.87. The molecule has 96 valence electrons. The van der Waals surface area contributed by atoms with Gasteiger partial charge in [0.05, 0.1) is 5.75 Å². The quantitative estimate of drug-likeness (QED) is 0.626. The molecule has 0 bridgehead atoms.